The van der Waals surface area contributed by atoms with Gasteiger partial charge >= 0.3 is 0 Å². The molecule has 3 rings (SSSR count). The van der Waals surface area contributed by atoms with E-state index in [2.05, 4.69) is 10.3 Å². The highest BCUT2D eigenvalue weighted by Crippen LogP contribution is 2.37. The number of thiazole rings is 1. The summed E-state index contributed by atoms with van der Waals surface area (Å²) in [4.78, 5) is 4.23. The number of rotatable bonds is 6. The van der Waals surface area contributed by atoms with E-state index in [1.54, 1.807) is 24.3 Å². The zero-order chi connectivity index (χ0) is 21.4. The van der Waals surface area contributed by atoms with Gasteiger partial charge in [-0.05, 0) is 52.0 Å². The number of sulfone groups is 2. The summed E-state index contributed by atoms with van der Waals surface area (Å²) in [5, 5.41) is 2.97. The van der Waals surface area contributed by atoms with E-state index in [0.717, 1.165) is 22.5 Å². The van der Waals surface area contributed by atoms with E-state index in [-0.39, 0.29) is 30.2 Å². The van der Waals surface area contributed by atoms with Crippen molar-refractivity contribution < 1.29 is 16.8 Å². The van der Waals surface area contributed by atoms with E-state index in [1.165, 1.54) is 24.3 Å². The number of aromatic nitrogens is 1. The lowest BCUT2D eigenvalue weighted by Crippen LogP contribution is -2.12. The fraction of sp³-hybridized carbons (Fsp3) is 0.250. The summed E-state index contributed by atoms with van der Waals surface area (Å²) >= 11 is 0.829. The van der Waals surface area contributed by atoms with Crippen LogP contribution < -0.4 is 5.32 Å². The fourth-order valence-corrected chi connectivity index (χ4v) is 7.01. The molecule has 29 heavy (non-hydrogen) atoms. The molecule has 1 aromatic heterocycles. The average Bonchev–Trinajstić information content (AvgIpc) is 3.07. The Hall–Kier alpha value is -2.23. The molecule has 0 bridgehead atoms. The maximum Gasteiger partial charge on any atom is 0.233 e. The normalized spacial score (nSPS) is 12.3. The highest BCUT2D eigenvalue weighted by atomic mass is 32.2. The quantitative estimate of drug-likeness (QED) is 0.604. The molecule has 0 fully saturated rings. The van der Waals surface area contributed by atoms with Crippen LogP contribution in [0.4, 0.5) is 5.00 Å². The highest BCUT2D eigenvalue weighted by Gasteiger charge is 2.31. The van der Waals surface area contributed by atoms with Crippen LogP contribution in [0, 0.1) is 13.8 Å². The van der Waals surface area contributed by atoms with Crippen LogP contribution in [0.1, 0.15) is 25.0 Å². The fourth-order valence-electron chi connectivity index (χ4n) is 2.59. The Kier molecular flexibility index (Phi) is 5.84. The molecule has 1 heterocycles. The molecule has 0 saturated carbocycles. The third-order valence-electron chi connectivity index (χ3n) is 4.14. The van der Waals surface area contributed by atoms with Crippen LogP contribution in [-0.2, 0) is 19.7 Å². The first-order chi connectivity index (χ1) is 13.5. The Labute approximate surface area is 175 Å². The van der Waals surface area contributed by atoms with Crippen molar-refractivity contribution in [3.8, 4) is 0 Å². The van der Waals surface area contributed by atoms with Gasteiger partial charge in [-0.2, -0.15) is 0 Å². The van der Waals surface area contributed by atoms with Crippen molar-refractivity contribution in [2.45, 2.75) is 52.9 Å². The van der Waals surface area contributed by atoms with Gasteiger partial charge in [0.05, 0.1) is 9.79 Å². The standard InChI is InChI=1S/C20H22N2O4S3/c1-13(2)21-18-19(28(23,24)16-9-5-14(3)6-10-16)22-20(27-18)29(25,26)17-11-7-15(4)8-12-17/h5-13,21H,1-4H3. The monoisotopic (exact) mass is 450 g/mol. The third-order valence-corrected chi connectivity index (χ3v) is 9.10. The number of hydrogen-bond acceptors (Lipinski definition) is 7. The number of anilines is 1. The summed E-state index contributed by atoms with van der Waals surface area (Å²) in [5.41, 5.74) is 1.85. The molecule has 0 aliphatic carbocycles. The molecular weight excluding hydrogens is 428 g/mol. The molecular formula is C20H22N2O4S3. The van der Waals surface area contributed by atoms with Gasteiger partial charge in [0.15, 0.2) is 5.03 Å². The van der Waals surface area contributed by atoms with Crippen molar-refractivity contribution in [2.24, 2.45) is 0 Å². The van der Waals surface area contributed by atoms with Gasteiger partial charge in [-0.1, -0.05) is 46.7 Å². The SMILES string of the molecule is Cc1ccc(S(=O)(=O)c2nc(S(=O)(=O)c3ccc(C)cc3)c(NC(C)C)s2)cc1. The Bertz CT molecular complexity index is 1230. The first kappa shape index (κ1) is 21.5. The van der Waals surface area contributed by atoms with Gasteiger partial charge in [-0.15, -0.1) is 0 Å². The summed E-state index contributed by atoms with van der Waals surface area (Å²) in [6.45, 7) is 7.40. The van der Waals surface area contributed by atoms with Crippen molar-refractivity contribution in [3.63, 3.8) is 0 Å². The van der Waals surface area contributed by atoms with Gasteiger partial charge in [0, 0.05) is 6.04 Å². The highest BCUT2D eigenvalue weighted by molar-refractivity contribution is 7.94. The van der Waals surface area contributed by atoms with Crippen LogP contribution in [0.2, 0.25) is 0 Å². The molecule has 0 amide bonds. The number of nitrogens with zero attached hydrogens (tertiary/aromatic N) is 1. The minimum Gasteiger partial charge on any atom is -0.372 e. The predicted octanol–water partition coefficient (Wildman–Crippen LogP) is 4.25. The van der Waals surface area contributed by atoms with Crippen LogP contribution in [0.15, 0.2) is 67.7 Å². The van der Waals surface area contributed by atoms with Gasteiger partial charge < -0.3 is 5.32 Å². The van der Waals surface area contributed by atoms with E-state index in [1.807, 2.05) is 27.7 Å². The molecule has 0 atom stereocenters. The van der Waals surface area contributed by atoms with Crippen LogP contribution in [0.3, 0.4) is 0 Å². The molecule has 0 spiro atoms. The molecule has 9 heteroatoms. The Morgan fingerprint density at radius 1 is 0.793 bits per heavy atom. The van der Waals surface area contributed by atoms with Crippen molar-refractivity contribution in [1.29, 1.82) is 0 Å². The number of nitrogens with one attached hydrogen (secondary N) is 1. The largest absolute Gasteiger partial charge is 0.372 e. The van der Waals surface area contributed by atoms with Crippen molar-refractivity contribution >= 4 is 36.0 Å². The van der Waals surface area contributed by atoms with Crippen LogP contribution in [0.25, 0.3) is 0 Å². The molecule has 0 unspecified atom stereocenters. The summed E-state index contributed by atoms with van der Waals surface area (Å²) < 4.78 is 52.2. The molecule has 154 valence electrons. The first-order valence-electron chi connectivity index (χ1n) is 8.92. The Morgan fingerprint density at radius 3 is 1.69 bits per heavy atom. The molecule has 0 saturated heterocycles. The molecule has 0 aliphatic rings. The summed E-state index contributed by atoms with van der Waals surface area (Å²) in [7, 11) is -7.93. The van der Waals surface area contributed by atoms with E-state index < -0.39 is 19.7 Å². The maximum absolute atomic E-state index is 13.2. The molecule has 1 N–H and O–H groups in total. The van der Waals surface area contributed by atoms with Crippen molar-refractivity contribution in [2.75, 3.05) is 5.32 Å². The average molecular weight is 451 g/mol. The lowest BCUT2D eigenvalue weighted by molar-refractivity contribution is 0.589. The van der Waals surface area contributed by atoms with Gasteiger partial charge in [0.25, 0.3) is 0 Å². The maximum atomic E-state index is 13.2. The number of benzene rings is 2. The smallest absolute Gasteiger partial charge is 0.233 e. The second kappa shape index (κ2) is 7.89. The molecule has 3 aromatic rings. The van der Waals surface area contributed by atoms with Crippen molar-refractivity contribution in [1.82, 2.24) is 4.98 Å². The summed E-state index contributed by atoms with van der Waals surface area (Å²) in [6.07, 6.45) is 0. The van der Waals surface area contributed by atoms with Gasteiger partial charge in [0.2, 0.25) is 24.0 Å². The molecule has 0 radical (unpaired) electrons. The van der Waals surface area contributed by atoms with Crippen LogP contribution in [0.5, 0.6) is 0 Å². The first-order valence-corrected chi connectivity index (χ1v) is 12.7. The number of aryl methyl sites for hydroxylation is 2. The van der Waals surface area contributed by atoms with Crippen LogP contribution in [-0.4, -0.2) is 27.9 Å². The van der Waals surface area contributed by atoms with Crippen LogP contribution >= 0.6 is 11.3 Å². The van der Waals surface area contributed by atoms with Gasteiger partial charge in [-0.25, -0.2) is 21.8 Å². The van der Waals surface area contributed by atoms with E-state index >= 15 is 0 Å². The lowest BCUT2D eigenvalue weighted by Gasteiger charge is -2.09. The zero-order valence-electron chi connectivity index (χ0n) is 16.5. The summed E-state index contributed by atoms with van der Waals surface area (Å²) in [6, 6.07) is 12.7. The van der Waals surface area contributed by atoms with Gasteiger partial charge in [-0.3, -0.25) is 0 Å². The second-order valence-corrected chi connectivity index (χ2v) is 12.0. The van der Waals surface area contributed by atoms with E-state index in [9.17, 15) is 16.8 Å². The van der Waals surface area contributed by atoms with E-state index in [4.69, 9.17) is 0 Å². The topological polar surface area (TPSA) is 93.2 Å². The summed E-state index contributed by atoms with van der Waals surface area (Å²) in [5.74, 6) is 0. The molecule has 2 aromatic carbocycles. The minimum absolute atomic E-state index is 0.0690. The Morgan fingerprint density at radius 2 is 1.24 bits per heavy atom. The third kappa shape index (κ3) is 4.36. The minimum atomic E-state index is -3.99. The lowest BCUT2D eigenvalue weighted by atomic mass is 10.2. The zero-order valence-corrected chi connectivity index (χ0v) is 19.0. The van der Waals surface area contributed by atoms with Gasteiger partial charge in [0.1, 0.15) is 5.00 Å². The number of hydrogen-bond donors (Lipinski definition) is 1. The second-order valence-electron chi connectivity index (χ2n) is 7.05. The predicted molar refractivity (Wildman–Crippen MR) is 114 cm³/mol. The van der Waals surface area contributed by atoms with E-state index in [0.29, 0.717) is 0 Å². The molecule has 0 aliphatic heterocycles. The molecule has 6 nitrogen and oxygen atoms in total. The Balaban J connectivity index is 2.16. The van der Waals surface area contributed by atoms with Crippen molar-refractivity contribution in [3.05, 3.63) is 59.7 Å².